The molecule has 2 fully saturated rings. The average Bonchev–Trinajstić information content (AvgIpc) is 3.28. The van der Waals surface area contributed by atoms with E-state index >= 15 is 0 Å². The van der Waals surface area contributed by atoms with Crippen molar-refractivity contribution in [1.29, 1.82) is 0 Å². The summed E-state index contributed by atoms with van der Waals surface area (Å²) in [5.74, 6) is -0.426. The van der Waals surface area contributed by atoms with Gasteiger partial charge in [0.1, 0.15) is 0 Å². The van der Waals surface area contributed by atoms with Gasteiger partial charge in [-0.15, -0.1) is 0 Å². The van der Waals surface area contributed by atoms with Crippen molar-refractivity contribution in [3.8, 4) is 17.1 Å². The Labute approximate surface area is 220 Å². The molecule has 4 aromatic rings. The fraction of sp³-hybridized carbons (Fsp3) is 0.333. The van der Waals surface area contributed by atoms with Crippen LogP contribution >= 0.6 is 0 Å². The number of amides is 1. The summed E-state index contributed by atoms with van der Waals surface area (Å²) in [6.07, 6.45) is 4.95. The average molecular weight is 511 g/mol. The number of hydrogen-bond acceptors (Lipinski definition) is 5. The van der Waals surface area contributed by atoms with Crippen LogP contribution in [-0.4, -0.2) is 44.4 Å². The number of aliphatic carboxylic acids is 1. The van der Waals surface area contributed by atoms with Crippen LogP contribution in [0.4, 0.5) is 0 Å². The molecule has 0 unspecified atom stereocenters. The Morgan fingerprint density at radius 2 is 1.82 bits per heavy atom. The molecule has 194 valence electrons. The van der Waals surface area contributed by atoms with Gasteiger partial charge in [0.2, 0.25) is 5.88 Å². The number of hydrogen-bond donors (Lipinski definition) is 2. The van der Waals surface area contributed by atoms with Gasteiger partial charge in [-0.25, -0.2) is 4.98 Å². The monoisotopic (exact) mass is 510 g/mol. The molecule has 2 aliphatic carbocycles. The molecule has 0 aliphatic heterocycles. The van der Waals surface area contributed by atoms with E-state index in [1.165, 1.54) is 0 Å². The number of fused-ring (bicyclic) bond motifs is 1. The van der Waals surface area contributed by atoms with Crippen molar-refractivity contribution >= 4 is 22.8 Å². The van der Waals surface area contributed by atoms with Crippen LogP contribution in [0.3, 0.4) is 0 Å². The van der Waals surface area contributed by atoms with Crippen LogP contribution in [0.15, 0.2) is 66.9 Å². The third kappa shape index (κ3) is 4.51. The minimum atomic E-state index is -0.704. The molecule has 2 aromatic heterocycles. The molecule has 0 radical (unpaired) electrons. The van der Waals surface area contributed by atoms with Crippen molar-refractivity contribution in [2.45, 2.75) is 45.2 Å². The molecule has 8 nitrogen and oxygen atoms in total. The summed E-state index contributed by atoms with van der Waals surface area (Å²) in [6.45, 7) is 3.04. The van der Waals surface area contributed by atoms with Crippen LogP contribution in [0, 0.1) is 11.3 Å². The Hall–Kier alpha value is -4.20. The molecule has 1 amide bonds. The van der Waals surface area contributed by atoms with E-state index in [1.807, 2.05) is 60.1 Å². The Bertz CT molecular complexity index is 1500. The van der Waals surface area contributed by atoms with Crippen LogP contribution in [0.2, 0.25) is 0 Å². The number of carboxylic acids is 1. The normalized spacial score (nSPS) is 22.0. The van der Waals surface area contributed by atoms with Crippen LogP contribution < -0.4 is 10.1 Å². The number of nitrogens with one attached hydrogen (secondary N) is 1. The Kier molecular flexibility index (Phi) is 6.10. The first-order valence-electron chi connectivity index (χ1n) is 13.1. The Balaban J connectivity index is 1.15. The van der Waals surface area contributed by atoms with Gasteiger partial charge in [0.05, 0.1) is 42.0 Å². The van der Waals surface area contributed by atoms with Gasteiger partial charge < -0.3 is 15.2 Å². The van der Waals surface area contributed by atoms with E-state index in [9.17, 15) is 9.59 Å². The van der Waals surface area contributed by atoms with E-state index in [1.54, 1.807) is 6.20 Å². The summed E-state index contributed by atoms with van der Waals surface area (Å²) in [5, 5.41) is 17.8. The number of nitrogens with zero attached hydrogens (tertiary/aromatic N) is 3. The molecule has 38 heavy (non-hydrogen) atoms. The molecular weight excluding hydrogens is 480 g/mol. The van der Waals surface area contributed by atoms with Crippen molar-refractivity contribution in [1.82, 2.24) is 20.1 Å². The summed E-state index contributed by atoms with van der Waals surface area (Å²) in [7, 11) is 0. The highest BCUT2D eigenvalue weighted by atomic mass is 16.5. The van der Waals surface area contributed by atoms with E-state index in [0.29, 0.717) is 24.6 Å². The van der Waals surface area contributed by atoms with Crippen molar-refractivity contribution in [3.05, 3.63) is 78.0 Å². The molecule has 0 atom stereocenters. The second-order valence-electron chi connectivity index (χ2n) is 10.6. The van der Waals surface area contributed by atoms with Gasteiger partial charge in [0.15, 0.2) is 0 Å². The lowest BCUT2D eigenvalue weighted by molar-refractivity contribution is -0.155. The summed E-state index contributed by atoms with van der Waals surface area (Å²) in [4.78, 5) is 29.0. The standard InChI is InChI=1S/C30H30N4O4/c1-2-38-26-8-4-7-25(33-26)20-11-9-19(10-12-20)18-34-27-21(17-31-34)5-3-6-24(27)28(35)32-23-15-30(16-23)13-22(14-30)29(36)37/h3-12,17,22-23H,2,13-16,18H2,1H3,(H,32,35)(H,36,37). The molecular formula is C30H30N4O4. The number of carboxylic acid groups (broad SMARTS) is 1. The first kappa shape index (κ1) is 24.2. The Morgan fingerprint density at radius 3 is 2.55 bits per heavy atom. The smallest absolute Gasteiger partial charge is 0.306 e. The van der Waals surface area contributed by atoms with Crippen LogP contribution in [0.5, 0.6) is 5.88 Å². The van der Waals surface area contributed by atoms with Gasteiger partial charge in [-0.3, -0.25) is 14.3 Å². The van der Waals surface area contributed by atoms with E-state index in [-0.39, 0.29) is 23.3 Å². The van der Waals surface area contributed by atoms with E-state index in [2.05, 4.69) is 27.5 Å². The molecule has 2 aromatic carbocycles. The van der Waals surface area contributed by atoms with Crippen molar-refractivity contribution in [2.75, 3.05) is 6.61 Å². The quantitative estimate of drug-likeness (QED) is 0.349. The van der Waals surface area contributed by atoms with Gasteiger partial charge in [0.25, 0.3) is 5.91 Å². The number of carbonyl (C=O) groups is 2. The zero-order chi connectivity index (χ0) is 26.3. The number of rotatable bonds is 8. The summed E-state index contributed by atoms with van der Waals surface area (Å²) < 4.78 is 7.40. The predicted octanol–water partition coefficient (Wildman–Crippen LogP) is 4.92. The number of carbonyl (C=O) groups excluding carboxylic acids is 1. The first-order valence-corrected chi connectivity index (χ1v) is 13.1. The number of aromatic nitrogens is 3. The molecule has 8 heteroatoms. The molecule has 1 spiro atoms. The van der Waals surface area contributed by atoms with E-state index in [0.717, 1.165) is 53.4 Å². The molecule has 0 bridgehead atoms. The number of ether oxygens (including phenoxy) is 1. The highest BCUT2D eigenvalue weighted by Crippen LogP contribution is 2.58. The maximum Gasteiger partial charge on any atom is 0.306 e. The zero-order valence-corrected chi connectivity index (χ0v) is 21.3. The topological polar surface area (TPSA) is 106 Å². The summed E-state index contributed by atoms with van der Waals surface area (Å²) in [5.41, 5.74) is 4.44. The van der Waals surface area contributed by atoms with Gasteiger partial charge in [-0.1, -0.05) is 42.5 Å². The highest BCUT2D eigenvalue weighted by molar-refractivity contribution is 6.05. The number of para-hydroxylation sites is 1. The maximum absolute atomic E-state index is 13.3. The van der Waals surface area contributed by atoms with Gasteiger partial charge >= 0.3 is 5.97 Å². The fourth-order valence-electron chi connectivity index (χ4n) is 6.05. The van der Waals surface area contributed by atoms with Gasteiger partial charge in [-0.2, -0.15) is 5.10 Å². The minimum absolute atomic E-state index is 0.0891. The second-order valence-corrected chi connectivity index (χ2v) is 10.6. The molecule has 2 aliphatic rings. The minimum Gasteiger partial charge on any atom is -0.481 e. The van der Waals surface area contributed by atoms with Crippen LogP contribution in [-0.2, 0) is 11.3 Å². The van der Waals surface area contributed by atoms with Gasteiger partial charge in [-0.05, 0) is 55.7 Å². The van der Waals surface area contributed by atoms with Crippen molar-refractivity contribution in [2.24, 2.45) is 11.3 Å². The van der Waals surface area contributed by atoms with Crippen LogP contribution in [0.1, 0.15) is 48.5 Å². The van der Waals surface area contributed by atoms with Crippen molar-refractivity contribution < 1.29 is 19.4 Å². The molecule has 2 N–H and O–H groups in total. The lowest BCUT2D eigenvalue weighted by Crippen LogP contribution is -2.57. The molecule has 6 rings (SSSR count). The van der Waals surface area contributed by atoms with E-state index in [4.69, 9.17) is 9.84 Å². The van der Waals surface area contributed by atoms with Crippen LogP contribution in [0.25, 0.3) is 22.2 Å². The third-order valence-corrected chi connectivity index (χ3v) is 7.91. The molecule has 2 saturated carbocycles. The zero-order valence-electron chi connectivity index (χ0n) is 21.3. The SMILES string of the molecule is CCOc1cccc(-c2ccc(Cn3ncc4cccc(C(=O)NC5CC6(C5)CC(C(=O)O)C6)c43)cc2)n1. The molecule has 2 heterocycles. The maximum atomic E-state index is 13.3. The number of benzene rings is 2. The first-order chi connectivity index (χ1) is 18.4. The van der Waals surface area contributed by atoms with Gasteiger partial charge in [0, 0.05) is 23.1 Å². The number of pyridine rings is 1. The summed E-state index contributed by atoms with van der Waals surface area (Å²) >= 11 is 0. The van der Waals surface area contributed by atoms with Crippen molar-refractivity contribution in [3.63, 3.8) is 0 Å². The third-order valence-electron chi connectivity index (χ3n) is 7.91. The summed E-state index contributed by atoms with van der Waals surface area (Å²) in [6, 6.07) is 19.7. The van der Waals surface area contributed by atoms with E-state index < -0.39 is 5.97 Å². The lowest BCUT2D eigenvalue weighted by atomic mass is 9.50. The highest BCUT2D eigenvalue weighted by Gasteiger charge is 2.55. The Morgan fingerprint density at radius 1 is 1.05 bits per heavy atom. The lowest BCUT2D eigenvalue weighted by Gasteiger charge is -2.56. The largest absolute Gasteiger partial charge is 0.481 e. The predicted molar refractivity (Wildman–Crippen MR) is 143 cm³/mol. The fourth-order valence-corrected chi connectivity index (χ4v) is 6.05. The molecule has 0 saturated heterocycles. The second kappa shape index (κ2) is 9.59.